The molecule has 1 aromatic carbocycles. The number of rotatable bonds is 10. The smallest absolute Gasteiger partial charge is 0.266 e. The van der Waals surface area contributed by atoms with Crippen LogP contribution in [0.5, 0.6) is 0 Å². The van der Waals surface area contributed by atoms with E-state index in [0.717, 1.165) is 24.1 Å². The van der Waals surface area contributed by atoms with Gasteiger partial charge in [0.1, 0.15) is 5.52 Å². The fraction of sp³-hybridized carbons (Fsp3) is 0.458. The Hall–Kier alpha value is -2.55. The molecule has 2 aromatic heterocycles. The third kappa shape index (κ3) is 5.62. The van der Waals surface area contributed by atoms with Crippen molar-refractivity contribution in [1.82, 2.24) is 15.6 Å². The highest BCUT2D eigenvalue weighted by Gasteiger charge is 2.30. The summed E-state index contributed by atoms with van der Waals surface area (Å²) in [6, 6.07) is 10.4. The fourth-order valence-corrected chi connectivity index (χ4v) is 4.71. The predicted molar refractivity (Wildman–Crippen MR) is 124 cm³/mol. The number of para-hydroxylation sites is 2. The summed E-state index contributed by atoms with van der Waals surface area (Å²) in [6.07, 6.45) is 3.59. The highest BCUT2D eigenvalue weighted by atomic mass is 32.1. The number of amides is 1. The summed E-state index contributed by atoms with van der Waals surface area (Å²) in [5.74, 6) is -0.428. The standard InChI is InChI=1S/C24H29N3O4S/c1-2-6-19(22(28)24-27-18-8-3-4-9-21(18)31-24)26-23(29)20(15-17-7-5-14-32-17)25-16-10-12-30-13-11-16/h3-5,7-9,14,16,19-20,25H,2,6,10-13,15H2,1H3,(H,26,29)/t19-,20-/m0/s1. The minimum Gasteiger partial charge on any atom is -0.434 e. The monoisotopic (exact) mass is 455 g/mol. The number of benzene rings is 1. The highest BCUT2D eigenvalue weighted by Crippen LogP contribution is 2.18. The van der Waals surface area contributed by atoms with Crippen LogP contribution in [0.2, 0.25) is 0 Å². The maximum Gasteiger partial charge on any atom is 0.266 e. The molecule has 8 heteroatoms. The Morgan fingerprint density at radius 1 is 1.16 bits per heavy atom. The fourth-order valence-electron chi connectivity index (χ4n) is 3.96. The number of ether oxygens (including phenoxy) is 1. The van der Waals surface area contributed by atoms with Gasteiger partial charge in [-0.25, -0.2) is 4.98 Å². The number of carbonyl (C=O) groups is 2. The van der Waals surface area contributed by atoms with Crippen LogP contribution in [0.3, 0.4) is 0 Å². The van der Waals surface area contributed by atoms with Crippen molar-refractivity contribution < 1.29 is 18.7 Å². The van der Waals surface area contributed by atoms with E-state index in [1.807, 2.05) is 36.6 Å². The topological polar surface area (TPSA) is 93.5 Å². The van der Waals surface area contributed by atoms with Gasteiger partial charge in [-0.2, -0.15) is 0 Å². The van der Waals surface area contributed by atoms with E-state index in [9.17, 15) is 9.59 Å². The van der Waals surface area contributed by atoms with Crippen molar-refractivity contribution in [3.8, 4) is 0 Å². The van der Waals surface area contributed by atoms with Gasteiger partial charge >= 0.3 is 0 Å². The third-order valence-corrected chi connectivity index (χ3v) is 6.57. The number of Topliss-reactive ketones (excluding diaryl/α,β-unsaturated/α-hetero) is 1. The molecule has 0 saturated carbocycles. The second-order valence-corrected chi connectivity index (χ2v) is 9.12. The zero-order valence-corrected chi connectivity index (χ0v) is 19.0. The van der Waals surface area contributed by atoms with Crippen molar-refractivity contribution in [2.75, 3.05) is 13.2 Å². The first-order chi connectivity index (χ1) is 15.6. The van der Waals surface area contributed by atoms with Gasteiger partial charge in [-0.1, -0.05) is 31.5 Å². The number of ketones is 1. The van der Waals surface area contributed by atoms with Crippen molar-refractivity contribution in [2.45, 2.75) is 57.2 Å². The summed E-state index contributed by atoms with van der Waals surface area (Å²) in [6.45, 7) is 3.38. The number of oxazole rings is 1. The van der Waals surface area contributed by atoms with Crippen molar-refractivity contribution in [1.29, 1.82) is 0 Å². The maximum absolute atomic E-state index is 13.3. The van der Waals surface area contributed by atoms with E-state index >= 15 is 0 Å². The molecule has 3 aromatic rings. The lowest BCUT2D eigenvalue weighted by Gasteiger charge is -2.29. The summed E-state index contributed by atoms with van der Waals surface area (Å²) in [4.78, 5) is 32.0. The quantitative estimate of drug-likeness (QED) is 0.453. The minimum absolute atomic E-state index is 0.0390. The Morgan fingerprint density at radius 3 is 2.69 bits per heavy atom. The van der Waals surface area contributed by atoms with Crippen LogP contribution in [0.4, 0.5) is 0 Å². The van der Waals surface area contributed by atoms with Gasteiger partial charge in [0, 0.05) is 30.6 Å². The Bertz CT molecular complexity index is 994. The van der Waals surface area contributed by atoms with E-state index in [1.54, 1.807) is 23.5 Å². The first-order valence-electron chi connectivity index (χ1n) is 11.2. The van der Waals surface area contributed by atoms with Crippen molar-refractivity contribution >= 4 is 34.1 Å². The van der Waals surface area contributed by atoms with E-state index in [2.05, 4.69) is 15.6 Å². The molecule has 4 rings (SSSR count). The zero-order chi connectivity index (χ0) is 22.3. The summed E-state index contributed by atoms with van der Waals surface area (Å²) < 4.78 is 11.1. The Kier molecular flexibility index (Phi) is 7.68. The number of hydrogen-bond donors (Lipinski definition) is 2. The third-order valence-electron chi connectivity index (χ3n) is 5.68. The van der Waals surface area contributed by atoms with E-state index in [0.29, 0.717) is 37.2 Å². The van der Waals surface area contributed by atoms with Crippen LogP contribution in [0, 0.1) is 0 Å². The van der Waals surface area contributed by atoms with Gasteiger partial charge in [-0.3, -0.25) is 9.59 Å². The second kappa shape index (κ2) is 10.8. The first-order valence-corrected chi connectivity index (χ1v) is 12.1. The van der Waals surface area contributed by atoms with Crippen molar-refractivity contribution in [3.05, 3.63) is 52.5 Å². The van der Waals surface area contributed by atoms with E-state index < -0.39 is 12.1 Å². The van der Waals surface area contributed by atoms with Gasteiger partial charge in [-0.05, 0) is 42.8 Å². The Balaban J connectivity index is 1.49. The van der Waals surface area contributed by atoms with Gasteiger partial charge in [-0.15, -0.1) is 11.3 Å². The number of carbonyl (C=O) groups excluding carboxylic acids is 2. The minimum atomic E-state index is -0.678. The van der Waals surface area contributed by atoms with Crippen LogP contribution in [0.1, 0.15) is 48.2 Å². The maximum atomic E-state index is 13.3. The number of aromatic nitrogens is 1. The van der Waals surface area contributed by atoms with Crippen molar-refractivity contribution in [2.24, 2.45) is 0 Å². The number of nitrogens with one attached hydrogen (secondary N) is 2. The summed E-state index contributed by atoms with van der Waals surface area (Å²) in [5.41, 5.74) is 1.20. The van der Waals surface area contributed by atoms with Gasteiger partial charge in [0.25, 0.3) is 5.89 Å². The molecule has 0 bridgehead atoms. The SMILES string of the molecule is CCC[C@H](NC(=O)[C@H](Cc1cccs1)NC1CCOCC1)C(=O)c1nc2ccccc2o1. The van der Waals surface area contributed by atoms with Gasteiger partial charge in [0.2, 0.25) is 11.7 Å². The molecule has 1 amide bonds. The molecule has 0 aliphatic carbocycles. The molecule has 1 aliphatic heterocycles. The predicted octanol–water partition coefficient (Wildman–Crippen LogP) is 3.74. The first kappa shape index (κ1) is 22.6. The van der Waals surface area contributed by atoms with Crippen LogP contribution in [-0.4, -0.2) is 48.0 Å². The van der Waals surface area contributed by atoms with Crippen LogP contribution in [0.15, 0.2) is 46.2 Å². The Labute approximate surface area is 191 Å². The number of thiophene rings is 1. The molecule has 0 radical (unpaired) electrons. The molecular weight excluding hydrogens is 426 g/mol. The zero-order valence-electron chi connectivity index (χ0n) is 18.2. The second-order valence-electron chi connectivity index (χ2n) is 8.09. The normalized spacial score (nSPS) is 16.7. The average molecular weight is 456 g/mol. The molecular formula is C24H29N3O4S. The summed E-state index contributed by atoms with van der Waals surface area (Å²) in [7, 11) is 0. The van der Waals surface area contributed by atoms with Gasteiger partial charge in [0.05, 0.1) is 12.1 Å². The molecule has 1 aliphatic rings. The number of nitrogens with zero attached hydrogens (tertiary/aromatic N) is 1. The van der Waals surface area contributed by atoms with Gasteiger partial charge in [0.15, 0.2) is 5.58 Å². The van der Waals surface area contributed by atoms with Crippen LogP contribution in [-0.2, 0) is 16.0 Å². The molecule has 2 atom stereocenters. The number of hydrogen-bond acceptors (Lipinski definition) is 7. The molecule has 1 fully saturated rings. The molecule has 170 valence electrons. The molecule has 0 unspecified atom stereocenters. The average Bonchev–Trinajstić information content (AvgIpc) is 3.48. The molecule has 7 nitrogen and oxygen atoms in total. The van der Waals surface area contributed by atoms with Crippen LogP contribution < -0.4 is 10.6 Å². The van der Waals surface area contributed by atoms with E-state index in [1.165, 1.54) is 0 Å². The molecule has 1 saturated heterocycles. The molecule has 32 heavy (non-hydrogen) atoms. The summed E-state index contributed by atoms with van der Waals surface area (Å²) in [5, 5.41) is 8.50. The molecule has 2 N–H and O–H groups in total. The highest BCUT2D eigenvalue weighted by molar-refractivity contribution is 7.09. The largest absolute Gasteiger partial charge is 0.434 e. The lowest BCUT2D eigenvalue weighted by Crippen LogP contribution is -2.54. The molecule has 3 heterocycles. The lowest BCUT2D eigenvalue weighted by molar-refractivity contribution is -0.124. The Morgan fingerprint density at radius 2 is 1.97 bits per heavy atom. The van der Waals surface area contributed by atoms with E-state index in [4.69, 9.17) is 9.15 Å². The van der Waals surface area contributed by atoms with Crippen molar-refractivity contribution in [3.63, 3.8) is 0 Å². The van der Waals surface area contributed by atoms with E-state index in [-0.39, 0.29) is 23.6 Å². The van der Waals surface area contributed by atoms with Crippen LogP contribution >= 0.6 is 11.3 Å². The van der Waals surface area contributed by atoms with Crippen LogP contribution in [0.25, 0.3) is 11.1 Å². The lowest BCUT2D eigenvalue weighted by atomic mass is 10.0. The molecule has 0 spiro atoms. The number of fused-ring (bicyclic) bond motifs is 1. The summed E-state index contributed by atoms with van der Waals surface area (Å²) >= 11 is 1.63. The van der Waals surface area contributed by atoms with Gasteiger partial charge < -0.3 is 19.8 Å².